The second-order valence-corrected chi connectivity index (χ2v) is 8.37. The molecule has 8 heteroatoms. The lowest BCUT2D eigenvalue weighted by Crippen LogP contribution is -2.50. The van der Waals surface area contributed by atoms with E-state index in [2.05, 4.69) is 15.2 Å². The number of alkyl halides is 3. The number of rotatable bonds is 6. The van der Waals surface area contributed by atoms with Gasteiger partial charge in [-0.3, -0.25) is 10.1 Å². The average Bonchev–Trinajstić information content (AvgIpc) is 3.07. The lowest BCUT2D eigenvalue weighted by Gasteiger charge is -2.35. The highest BCUT2D eigenvalue weighted by atomic mass is 35.5. The molecule has 0 aliphatic carbocycles. The highest BCUT2D eigenvalue weighted by Gasteiger charge is 2.54. The van der Waals surface area contributed by atoms with Gasteiger partial charge in [-0.05, 0) is 48.1 Å². The standard InChI is InChI=1S/C21H21ClF3N3O/c1-19(2,10-14-5-3-6-15(22)9-14)12-20(29,21(23,24)25)13-26-17-7-4-8-18-16(17)11-27-28-18/h3-9,11,13,29H,10,12H2,1-2H3,(H,27,28)/b26-13+. The van der Waals surface area contributed by atoms with Crippen LogP contribution >= 0.6 is 11.6 Å². The first-order chi connectivity index (χ1) is 13.5. The number of H-pyrrole nitrogens is 1. The van der Waals surface area contributed by atoms with Crippen LogP contribution in [0.5, 0.6) is 0 Å². The van der Waals surface area contributed by atoms with E-state index in [-0.39, 0.29) is 0 Å². The molecule has 0 fully saturated rings. The maximum Gasteiger partial charge on any atom is 0.422 e. The van der Waals surface area contributed by atoms with Gasteiger partial charge in [0.25, 0.3) is 0 Å². The summed E-state index contributed by atoms with van der Waals surface area (Å²) in [5, 5.41) is 18.3. The van der Waals surface area contributed by atoms with Gasteiger partial charge < -0.3 is 5.11 Å². The van der Waals surface area contributed by atoms with Crippen molar-refractivity contribution < 1.29 is 18.3 Å². The van der Waals surface area contributed by atoms with Crippen molar-refractivity contribution in [2.24, 2.45) is 10.4 Å². The van der Waals surface area contributed by atoms with Gasteiger partial charge in [-0.15, -0.1) is 0 Å². The molecule has 3 rings (SSSR count). The molecule has 154 valence electrons. The van der Waals surface area contributed by atoms with E-state index in [4.69, 9.17) is 11.6 Å². The first-order valence-corrected chi connectivity index (χ1v) is 9.38. The van der Waals surface area contributed by atoms with E-state index in [1.54, 1.807) is 56.3 Å². The van der Waals surface area contributed by atoms with Gasteiger partial charge in [-0.2, -0.15) is 18.3 Å². The molecule has 1 atom stereocenters. The number of benzene rings is 2. The molecule has 1 aromatic heterocycles. The Bertz CT molecular complexity index is 1030. The van der Waals surface area contributed by atoms with Crippen LogP contribution in [0.15, 0.2) is 53.7 Å². The molecule has 0 saturated carbocycles. The van der Waals surface area contributed by atoms with Crippen molar-refractivity contribution in [2.75, 3.05) is 0 Å². The van der Waals surface area contributed by atoms with Crippen molar-refractivity contribution in [3.05, 3.63) is 59.2 Å². The van der Waals surface area contributed by atoms with Crippen molar-refractivity contribution in [3.63, 3.8) is 0 Å². The predicted octanol–water partition coefficient (Wildman–Crippen LogP) is 5.87. The predicted molar refractivity (Wildman–Crippen MR) is 109 cm³/mol. The third-order valence-corrected chi connectivity index (χ3v) is 4.92. The molecular weight excluding hydrogens is 403 g/mol. The van der Waals surface area contributed by atoms with Crippen LogP contribution in [0.3, 0.4) is 0 Å². The van der Waals surface area contributed by atoms with Crippen LogP contribution in [0.1, 0.15) is 25.8 Å². The zero-order valence-corrected chi connectivity index (χ0v) is 16.7. The number of aromatic amines is 1. The molecule has 2 N–H and O–H groups in total. The summed E-state index contributed by atoms with van der Waals surface area (Å²) in [5.74, 6) is 0. The van der Waals surface area contributed by atoms with Crippen molar-refractivity contribution in [2.45, 2.75) is 38.5 Å². The Balaban J connectivity index is 1.89. The average molecular weight is 424 g/mol. The van der Waals surface area contributed by atoms with Crippen LogP contribution in [0.2, 0.25) is 5.02 Å². The molecule has 1 unspecified atom stereocenters. The second kappa shape index (κ2) is 7.80. The Morgan fingerprint density at radius 3 is 2.59 bits per heavy atom. The van der Waals surface area contributed by atoms with Gasteiger partial charge in [-0.25, -0.2) is 0 Å². The van der Waals surface area contributed by atoms with Gasteiger partial charge in [-0.1, -0.05) is 43.6 Å². The van der Waals surface area contributed by atoms with Crippen molar-refractivity contribution in [1.82, 2.24) is 10.2 Å². The summed E-state index contributed by atoms with van der Waals surface area (Å²) in [7, 11) is 0. The number of hydrogen-bond donors (Lipinski definition) is 2. The third-order valence-electron chi connectivity index (χ3n) is 4.69. The zero-order chi connectivity index (χ0) is 21.3. The molecular formula is C21H21ClF3N3O. The van der Waals surface area contributed by atoms with E-state index in [9.17, 15) is 18.3 Å². The molecule has 0 amide bonds. The molecule has 0 aliphatic rings. The van der Waals surface area contributed by atoms with E-state index < -0.39 is 23.6 Å². The molecule has 0 aliphatic heterocycles. The van der Waals surface area contributed by atoms with E-state index in [1.165, 1.54) is 6.20 Å². The monoisotopic (exact) mass is 423 g/mol. The van der Waals surface area contributed by atoms with Crippen LogP contribution in [0, 0.1) is 5.41 Å². The van der Waals surface area contributed by atoms with Gasteiger partial charge in [0, 0.05) is 16.6 Å². The summed E-state index contributed by atoms with van der Waals surface area (Å²) in [6.07, 6.45) is -3.05. The Morgan fingerprint density at radius 1 is 1.17 bits per heavy atom. The van der Waals surface area contributed by atoms with Gasteiger partial charge in [0.05, 0.1) is 17.4 Å². The van der Waals surface area contributed by atoms with E-state index >= 15 is 0 Å². The molecule has 1 heterocycles. The molecule has 0 radical (unpaired) electrons. The minimum atomic E-state index is -4.88. The number of aliphatic imine (C=N–C) groups is 1. The van der Waals surface area contributed by atoms with E-state index in [1.807, 2.05) is 0 Å². The number of hydrogen-bond acceptors (Lipinski definition) is 3. The fourth-order valence-corrected chi connectivity index (χ4v) is 3.67. The molecule has 29 heavy (non-hydrogen) atoms. The molecule has 0 saturated heterocycles. The summed E-state index contributed by atoms with van der Waals surface area (Å²) < 4.78 is 41.4. The maximum atomic E-state index is 13.8. The SMILES string of the molecule is CC(C)(Cc1cccc(Cl)c1)CC(O)(/C=N/c1cccc2[nH]ncc12)C(F)(F)F. The quantitative estimate of drug-likeness (QED) is 0.487. The summed E-state index contributed by atoms with van der Waals surface area (Å²) >= 11 is 5.98. The summed E-state index contributed by atoms with van der Waals surface area (Å²) in [4.78, 5) is 3.97. The third kappa shape index (κ3) is 4.97. The Kier molecular flexibility index (Phi) is 5.74. The molecule has 0 spiro atoms. The second-order valence-electron chi connectivity index (χ2n) is 7.94. The topological polar surface area (TPSA) is 61.3 Å². The fourth-order valence-electron chi connectivity index (χ4n) is 3.45. The Labute approximate surface area is 171 Å². The lowest BCUT2D eigenvalue weighted by atomic mass is 9.76. The molecule has 3 aromatic rings. The molecule has 2 aromatic carbocycles. The molecule has 4 nitrogen and oxygen atoms in total. The van der Waals surface area contributed by atoms with Gasteiger partial charge in [0.15, 0.2) is 5.60 Å². The van der Waals surface area contributed by atoms with Gasteiger partial charge in [0.1, 0.15) is 0 Å². The van der Waals surface area contributed by atoms with E-state index in [0.717, 1.165) is 5.56 Å². The number of aromatic nitrogens is 2. The zero-order valence-electron chi connectivity index (χ0n) is 16.0. The van der Waals surface area contributed by atoms with Crippen molar-refractivity contribution in [1.29, 1.82) is 0 Å². The Morgan fingerprint density at radius 2 is 1.90 bits per heavy atom. The Hall–Kier alpha value is -2.38. The van der Waals surface area contributed by atoms with Crippen LogP contribution < -0.4 is 0 Å². The van der Waals surface area contributed by atoms with Crippen LogP contribution in [-0.2, 0) is 6.42 Å². The van der Waals surface area contributed by atoms with Crippen LogP contribution in [0.25, 0.3) is 10.9 Å². The molecule has 0 bridgehead atoms. The first kappa shape index (κ1) is 21.3. The van der Waals surface area contributed by atoms with Crippen LogP contribution in [0.4, 0.5) is 18.9 Å². The van der Waals surface area contributed by atoms with Crippen LogP contribution in [-0.4, -0.2) is 33.3 Å². The summed E-state index contributed by atoms with van der Waals surface area (Å²) in [6.45, 7) is 3.35. The number of halogens is 4. The highest BCUT2D eigenvalue weighted by molar-refractivity contribution is 6.30. The summed E-state index contributed by atoms with van der Waals surface area (Å²) in [6, 6.07) is 11.9. The number of fused-ring (bicyclic) bond motifs is 1. The van der Waals surface area contributed by atoms with Gasteiger partial charge >= 0.3 is 6.18 Å². The minimum absolute atomic E-state index is 0.298. The largest absolute Gasteiger partial charge is 0.422 e. The van der Waals surface area contributed by atoms with Crippen molar-refractivity contribution in [3.8, 4) is 0 Å². The first-order valence-electron chi connectivity index (χ1n) is 9.00. The van der Waals surface area contributed by atoms with E-state index in [0.29, 0.717) is 34.2 Å². The smallest absolute Gasteiger partial charge is 0.376 e. The maximum absolute atomic E-state index is 13.8. The fraction of sp³-hybridized carbons (Fsp3) is 0.333. The highest BCUT2D eigenvalue weighted by Crippen LogP contribution is 2.41. The minimum Gasteiger partial charge on any atom is -0.376 e. The van der Waals surface area contributed by atoms with Gasteiger partial charge in [0.2, 0.25) is 0 Å². The number of nitrogens with one attached hydrogen (secondary N) is 1. The summed E-state index contributed by atoms with van der Waals surface area (Å²) in [5.41, 5.74) is -2.21. The number of aliphatic hydroxyl groups is 1. The lowest BCUT2D eigenvalue weighted by molar-refractivity contribution is -0.237. The van der Waals surface area contributed by atoms with Crippen molar-refractivity contribution >= 4 is 34.4 Å². The number of nitrogens with zero attached hydrogens (tertiary/aromatic N) is 2. The normalized spacial score (nSPS) is 15.1.